The quantitative estimate of drug-likeness (QED) is 0.739. The number of rotatable bonds is 6. The molecular formula is C12H22O3. The zero-order chi connectivity index (χ0) is 12.1. The van der Waals surface area contributed by atoms with Gasteiger partial charge in [-0.15, -0.1) is 0 Å². The van der Waals surface area contributed by atoms with Crippen LogP contribution in [0.5, 0.6) is 0 Å². The van der Waals surface area contributed by atoms with Crippen LogP contribution in [0.15, 0.2) is 0 Å². The highest BCUT2D eigenvalue weighted by atomic mass is 16.4. The van der Waals surface area contributed by atoms with Gasteiger partial charge in [0.2, 0.25) is 0 Å². The SMILES string of the molecule is CCC(=O)CC(CCC(=O)O)C(C)(C)C. The number of carboxylic acids is 1. The van der Waals surface area contributed by atoms with Crippen LogP contribution in [0.4, 0.5) is 0 Å². The molecule has 0 amide bonds. The summed E-state index contributed by atoms with van der Waals surface area (Å²) in [4.78, 5) is 21.9. The number of carbonyl (C=O) groups excluding carboxylic acids is 1. The lowest BCUT2D eigenvalue weighted by molar-refractivity contribution is -0.137. The van der Waals surface area contributed by atoms with Crippen LogP contribution in [0.25, 0.3) is 0 Å². The van der Waals surface area contributed by atoms with Crippen molar-refractivity contribution in [2.75, 3.05) is 0 Å². The molecule has 1 N–H and O–H groups in total. The van der Waals surface area contributed by atoms with E-state index in [2.05, 4.69) is 20.8 Å². The van der Waals surface area contributed by atoms with E-state index in [1.54, 1.807) is 0 Å². The zero-order valence-electron chi connectivity index (χ0n) is 10.2. The van der Waals surface area contributed by atoms with Crippen LogP contribution in [0, 0.1) is 11.3 Å². The maximum atomic E-state index is 11.4. The smallest absolute Gasteiger partial charge is 0.303 e. The van der Waals surface area contributed by atoms with Gasteiger partial charge in [-0.3, -0.25) is 9.59 Å². The number of hydrogen-bond donors (Lipinski definition) is 1. The Balaban J connectivity index is 4.32. The van der Waals surface area contributed by atoms with E-state index in [4.69, 9.17) is 5.11 Å². The number of carbonyl (C=O) groups is 2. The van der Waals surface area contributed by atoms with Gasteiger partial charge < -0.3 is 5.11 Å². The van der Waals surface area contributed by atoms with Crippen LogP contribution in [-0.4, -0.2) is 16.9 Å². The largest absolute Gasteiger partial charge is 0.481 e. The van der Waals surface area contributed by atoms with Crippen LogP contribution in [0.2, 0.25) is 0 Å². The molecule has 0 aliphatic rings. The Morgan fingerprint density at radius 2 is 1.80 bits per heavy atom. The topological polar surface area (TPSA) is 54.4 Å². The van der Waals surface area contributed by atoms with Crippen LogP contribution >= 0.6 is 0 Å². The number of carboxylic acid groups (broad SMARTS) is 1. The summed E-state index contributed by atoms with van der Waals surface area (Å²) in [5, 5.41) is 8.63. The van der Waals surface area contributed by atoms with Crippen LogP contribution in [0.3, 0.4) is 0 Å². The molecule has 1 atom stereocenters. The molecule has 0 rings (SSSR count). The van der Waals surface area contributed by atoms with Gasteiger partial charge in [-0.05, 0) is 17.8 Å². The Bertz CT molecular complexity index is 226. The molecule has 0 aliphatic carbocycles. The molecule has 0 aromatic heterocycles. The van der Waals surface area contributed by atoms with E-state index in [0.29, 0.717) is 19.3 Å². The van der Waals surface area contributed by atoms with Gasteiger partial charge in [0.05, 0.1) is 0 Å². The third kappa shape index (κ3) is 6.26. The lowest BCUT2D eigenvalue weighted by atomic mass is 9.75. The van der Waals surface area contributed by atoms with Crippen molar-refractivity contribution in [3.05, 3.63) is 0 Å². The van der Waals surface area contributed by atoms with Gasteiger partial charge in [0.15, 0.2) is 0 Å². The predicted molar refractivity (Wildman–Crippen MR) is 59.7 cm³/mol. The number of Topliss-reactive ketones (excluding diaryl/α,β-unsaturated/α-hetero) is 1. The minimum absolute atomic E-state index is 0.000278. The summed E-state index contributed by atoms with van der Waals surface area (Å²) in [6, 6.07) is 0. The highest BCUT2D eigenvalue weighted by Gasteiger charge is 2.26. The maximum absolute atomic E-state index is 11.4. The van der Waals surface area contributed by atoms with E-state index in [0.717, 1.165) is 0 Å². The second kappa shape index (κ2) is 5.89. The van der Waals surface area contributed by atoms with E-state index < -0.39 is 5.97 Å². The van der Waals surface area contributed by atoms with Crippen LogP contribution in [-0.2, 0) is 9.59 Å². The molecule has 3 heteroatoms. The van der Waals surface area contributed by atoms with Crippen LogP contribution in [0.1, 0.15) is 53.4 Å². The van der Waals surface area contributed by atoms with E-state index >= 15 is 0 Å². The van der Waals surface area contributed by atoms with E-state index in [1.807, 2.05) is 6.92 Å². The molecule has 88 valence electrons. The van der Waals surface area contributed by atoms with Crippen molar-refractivity contribution in [2.24, 2.45) is 11.3 Å². The summed E-state index contributed by atoms with van der Waals surface area (Å²) in [6.07, 6.45) is 1.79. The fourth-order valence-electron chi connectivity index (χ4n) is 1.56. The second-order valence-electron chi connectivity index (χ2n) is 5.09. The Morgan fingerprint density at radius 3 is 2.13 bits per heavy atom. The first-order chi connectivity index (χ1) is 6.77. The molecule has 1 unspecified atom stereocenters. The summed E-state index contributed by atoms with van der Waals surface area (Å²) in [7, 11) is 0. The minimum Gasteiger partial charge on any atom is -0.481 e. The third-order valence-corrected chi connectivity index (χ3v) is 2.80. The fourth-order valence-corrected chi connectivity index (χ4v) is 1.56. The highest BCUT2D eigenvalue weighted by Crippen LogP contribution is 2.32. The number of ketones is 1. The Morgan fingerprint density at radius 1 is 1.27 bits per heavy atom. The monoisotopic (exact) mass is 214 g/mol. The molecular weight excluding hydrogens is 192 g/mol. The molecule has 0 saturated heterocycles. The summed E-state index contributed by atoms with van der Waals surface area (Å²) < 4.78 is 0. The molecule has 0 radical (unpaired) electrons. The summed E-state index contributed by atoms with van der Waals surface area (Å²) >= 11 is 0. The predicted octanol–water partition coefficient (Wildman–Crippen LogP) is 2.88. The fraction of sp³-hybridized carbons (Fsp3) is 0.833. The lowest BCUT2D eigenvalue weighted by Gasteiger charge is -2.29. The van der Waals surface area contributed by atoms with Gasteiger partial charge in [-0.1, -0.05) is 27.7 Å². The van der Waals surface area contributed by atoms with E-state index in [-0.39, 0.29) is 23.5 Å². The van der Waals surface area contributed by atoms with Gasteiger partial charge in [0, 0.05) is 19.3 Å². The van der Waals surface area contributed by atoms with Crippen molar-refractivity contribution in [3.63, 3.8) is 0 Å². The normalized spacial score (nSPS) is 13.6. The molecule has 0 heterocycles. The van der Waals surface area contributed by atoms with Crippen molar-refractivity contribution in [1.29, 1.82) is 0 Å². The minimum atomic E-state index is -0.784. The maximum Gasteiger partial charge on any atom is 0.303 e. The summed E-state index contributed by atoms with van der Waals surface area (Å²) in [5.41, 5.74) is 0.000278. The van der Waals surface area contributed by atoms with Crippen LogP contribution < -0.4 is 0 Å². The molecule has 3 nitrogen and oxygen atoms in total. The first kappa shape index (κ1) is 14.1. The number of aliphatic carboxylic acids is 1. The molecule has 0 saturated carbocycles. The van der Waals surface area contributed by atoms with Crippen molar-refractivity contribution >= 4 is 11.8 Å². The average molecular weight is 214 g/mol. The summed E-state index contributed by atoms with van der Waals surface area (Å²) in [5.74, 6) is -0.394. The molecule has 0 bridgehead atoms. The molecule has 0 aliphatic heterocycles. The van der Waals surface area contributed by atoms with Crippen molar-refractivity contribution in [2.45, 2.75) is 53.4 Å². The van der Waals surface area contributed by atoms with Crippen molar-refractivity contribution in [1.82, 2.24) is 0 Å². The summed E-state index contributed by atoms with van der Waals surface area (Å²) in [6.45, 7) is 8.02. The first-order valence-electron chi connectivity index (χ1n) is 5.50. The Labute approximate surface area is 91.9 Å². The Hall–Kier alpha value is -0.860. The van der Waals surface area contributed by atoms with Gasteiger partial charge >= 0.3 is 5.97 Å². The Kier molecular flexibility index (Phi) is 5.55. The molecule has 0 aromatic carbocycles. The molecule has 15 heavy (non-hydrogen) atoms. The lowest BCUT2D eigenvalue weighted by Crippen LogP contribution is -2.24. The van der Waals surface area contributed by atoms with Crippen molar-refractivity contribution in [3.8, 4) is 0 Å². The molecule has 0 spiro atoms. The molecule has 0 fully saturated rings. The highest BCUT2D eigenvalue weighted by molar-refractivity contribution is 5.78. The average Bonchev–Trinajstić information content (AvgIpc) is 2.09. The zero-order valence-corrected chi connectivity index (χ0v) is 10.2. The first-order valence-corrected chi connectivity index (χ1v) is 5.50. The molecule has 0 aromatic rings. The number of hydrogen-bond acceptors (Lipinski definition) is 2. The standard InChI is InChI=1S/C12H22O3/c1-5-10(13)8-9(12(2,3)4)6-7-11(14)15/h9H,5-8H2,1-4H3,(H,14,15). The van der Waals surface area contributed by atoms with Gasteiger partial charge in [0.25, 0.3) is 0 Å². The third-order valence-electron chi connectivity index (χ3n) is 2.80. The van der Waals surface area contributed by atoms with E-state index in [9.17, 15) is 9.59 Å². The van der Waals surface area contributed by atoms with E-state index in [1.165, 1.54) is 0 Å². The van der Waals surface area contributed by atoms with Gasteiger partial charge in [-0.2, -0.15) is 0 Å². The second-order valence-corrected chi connectivity index (χ2v) is 5.09. The van der Waals surface area contributed by atoms with Gasteiger partial charge in [-0.25, -0.2) is 0 Å². The van der Waals surface area contributed by atoms with Gasteiger partial charge in [0.1, 0.15) is 5.78 Å². The van der Waals surface area contributed by atoms with Crippen molar-refractivity contribution < 1.29 is 14.7 Å².